The Kier molecular flexibility index (Phi) is 3.77. The van der Waals surface area contributed by atoms with E-state index in [-0.39, 0.29) is 12.6 Å². The van der Waals surface area contributed by atoms with Gasteiger partial charge < -0.3 is 14.8 Å². The minimum atomic E-state index is -0.0502. The Labute approximate surface area is 95.6 Å². The van der Waals surface area contributed by atoms with Crippen LogP contribution in [0.5, 0.6) is 0 Å². The summed E-state index contributed by atoms with van der Waals surface area (Å²) < 4.78 is 5.56. The SMILES string of the molecule is C=C[C@H](c1ccc(CO)o1)N1CCNCC1. The van der Waals surface area contributed by atoms with Crippen molar-refractivity contribution in [2.24, 2.45) is 0 Å². The number of nitrogens with zero attached hydrogens (tertiary/aromatic N) is 1. The highest BCUT2D eigenvalue weighted by atomic mass is 16.4. The Morgan fingerprint density at radius 3 is 2.81 bits per heavy atom. The average molecular weight is 222 g/mol. The summed E-state index contributed by atoms with van der Waals surface area (Å²) in [5.74, 6) is 1.47. The fourth-order valence-corrected chi connectivity index (χ4v) is 2.04. The van der Waals surface area contributed by atoms with Gasteiger partial charge in [0, 0.05) is 26.2 Å². The predicted molar refractivity (Wildman–Crippen MR) is 62.0 cm³/mol. The van der Waals surface area contributed by atoms with Gasteiger partial charge in [0.1, 0.15) is 18.1 Å². The third-order valence-electron chi connectivity index (χ3n) is 2.90. The molecule has 0 amide bonds. The zero-order valence-corrected chi connectivity index (χ0v) is 9.35. The number of furan rings is 1. The number of nitrogens with one attached hydrogen (secondary N) is 1. The van der Waals surface area contributed by atoms with E-state index in [1.54, 1.807) is 0 Å². The molecule has 88 valence electrons. The van der Waals surface area contributed by atoms with Crippen LogP contribution in [0.4, 0.5) is 0 Å². The molecule has 1 aromatic rings. The van der Waals surface area contributed by atoms with Crippen LogP contribution in [-0.2, 0) is 6.61 Å². The van der Waals surface area contributed by atoms with Gasteiger partial charge in [-0.05, 0) is 12.1 Å². The van der Waals surface area contributed by atoms with Gasteiger partial charge in [-0.3, -0.25) is 4.90 Å². The zero-order valence-electron chi connectivity index (χ0n) is 9.35. The summed E-state index contributed by atoms with van der Waals surface area (Å²) in [6.07, 6.45) is 1.89. The van der Waals surface area contributed by atoms with Gasteiger partial charge in [0.15, 0.2) is 0 Å². The molecule has 1 aromatic heterocycles. The molecule has 4 nitrogen and oxygen atoms in total. The number of rotatable bonds is 4. The molecular weight excluding hydrogens is 204 g/mol. The monoisotopic (exact) mass is 222 g/mol. The lowest BCUT2D eigenvalue weighted by Crippen LogP contribution is -2.44. The summed E-state index contributed by atoms with van der Waals surface area (Å²) in [6, 6.07) is 3.84. The summed E-state index contributed by atoms with van der Waals surface area (Å²) in [4.78, 5) is 2.32. The van der Waals surface area contributed by atoms with Crippen LogP contribution in [0.25, 0.3) is 0 Å². The van der Waals surface area contributed by atoms with Crippen molar-refractivity contribution in [2.45, 2.75) is 12.6 Å². The maximum absolute atomic E-state index is 8.97. The average Bonchev–Trinajstić information content (AvgIpc) is 2.80. The lowest BCUT2D eigenvalue weighted by molar-refractivity contribution is 0.177. The standard InChI is InChI=1S/C12H18N2O2/c1-2-11(14-7-5-13-6-8-14)12-4-3-10(9-15)16-12/h2-4,11,13,15H,1,5-9H2/t11-/m1/s1. The van der Waals surface area contributed by atoms with E-state index < -0.39 is 0 Å². The Morgan fingerprint density at radius 2 is 2.25 bits per heavy atom. The second-order valence-electron chi connectivity index (χ2n) is 3.93. The molecule has 0 spiro atoms. The Balaban J connectivity index is 2.11. The molecule has 1 aliphatic rings. The Hall–Kier alpha value is -1.10. The van der Waals surface area contributed by atoms with Crippen molar-refractivity contribution in [3.8, 4) is 0 Å². The third kappa shape index (κ3) is 2.35. The molecule has 0 aromatic carbocycles. The van der Waals surface area contributed by atoms with Crippen molar-refractivity contribution in [3.63, 3.8) is 0 Å². The fraction of sp³-hybridized carbons (Fsp3) is 0.500. The van der Waals surface area contributed by atoms with E-state index >= 15 is 0 Å². The fourth-order valence-electron chi connectivity index (χ4n) is 2.04. The summed E-state index contributed by atoms with van der Waals surface area (Å²) in [6.45, 7) is 7.79. The maximum Gasteiger partial charge on any atom is 0.129 e. The van der Waals surface area contributed by atoms with Gasteiger partial charge in [0.05, 0.1) is 6.04 Å². The molecule has 4 heteroatoms. The van der Waals surface area contributed by atoms with E-state index in [0.29, 0.717) is 5.76 Å². The zero-order chi connectivity index (χ0) is 11.4. The van der Waals surface area contributed by atoms with Gasteiger partial charge in [-0.25, -0.2) is 0 Å². The van der Waals surface area contributed by atoms with Crippen molar-refractivity contribution in [1.29, 1.82) is 0 Å². The molecule has 0 aliphatic carbocycles. The highest BCUT2D eigenvalue weighted by molar-refractivity contribution is 5.15. The lowest BCUT2D eigenvalue weighted by Gasteiger charge is -2.31. The first kappa shape index (κ1) is 11.4. The van der Waals surface area contributed by atoms with Crippen molar-refractivity contribution in [1.82, 2.24) is 10.2 Å². The van der Waals surface area contributed by atoms with Crippen molar-refractivity contribution >= 4 is 0 Å². The summed E-state index contributed by atoms with van der Waals surface area (Å²) in [5, 5.41) is 12.3. The van der Waals surface area contributed by atoms with Crippen LogP contribution in [0.1, 0.15) is 17.6 Å². The van der Waals surface area contributed by atoms with E-state index in [4.69, 9.17) is 9.52 Å². The third-order valence-corrected chi connectivity index (χ3v) is 2.90. The smallest absolute Gasteiger partial charge is 0.129 e. The minimum Gasteiger partial charge on any atom is -0.462 e. The van der Waals surface area contributed by atoms with E-state index in [1.165, 1.54) is 0 Å². The van der Waals surface area contributed by atoms with Crippen LogP contribution in [0.15, 0.2) is 29.2 Å². The quantitative estimate of drug-likeness (QED) is 0.743. The molecule has 0 saturated carbocycles. The largest absolute Gasteiger partial charge is 0.462 e. The number of aliphatic hydroxyl groups is 1. The maximum atomic E-state index is 8.97. The topological polar surface area (TPSA) is 48.6 Å². The van der Waals surface area contributed by atoms with Gasteiger partial charge in [-0.15, -0.1) is 6.58 Å². The van der Waals surface area contributed by atoms with Crippen molar-refractivity contribution in [3.05, 3.63) is 36.3 Å². The molecule has 2 heterocycles. The molecular formula is C12H18N2O2. The number of piperazine rings is 1. The first-order valence-electron chi connectivity index (χ1n) is 5.62. The number of aliphatic hydroxyl groups excluding tert-OH is 1. The second-order valence-corrected chi connectivity index (χ2v) is 3.93. The van der Waals surface area contributed by atoms with Crippen LogP contribution in [-0.4, -0.2) is 36.2 Å². The van der Waals surface area contributed by atoms with Crippen LogP contribution in [0.3, 0.4) is 0 Å². The van der Waals surface area contributed by atoms with Crippen molar-refractivity contribution < 1.29 is 9.52 Å². The van der Waals surface area contributed by atoms with Gasteiger partial charge in [-0.1, -0.05) is 6.08 Å². The van der Waals surface area contributed by atoms with Crippen LogP contribution in [0, 0.1) is 0 Å². The van der Waals surface area contributed by atoms with Crippen LogP contribution >= 0.6 is 0 Å². The first-order chi connectivity index (χ1) is 7.85. The Bertz CT molecular complexity index is 343. The molecule has 2 rings (SSSR count). The molecule has 0 unspecified atom stereocenters. The van der Waals surface area contributed by atoms with Gasteiger partial charge in [-0.2, -0.15) is 0 Å². The van der Waals surface area contributed by atoms with Crippen molar-refractivity contribution in [2.75, 3.05) is 26.2 Å². The number of hydrogen-bond donors (Lipinski definition) is 2. The summed E-state index contributed by atoms with van der Waals surface area (Å²) >= 11 is 0. The molecule has 1 fully saturated rings. The molecule has 1 aliphatic heterocycles. The molecule has 0 radical (unpaired) electrons. The highest BCUT2D eigenvalue weighted by Gasteiger charge is 2.21. The lowest BCUT2D eigenvalue weighted by atomic mass is 10.1. The van der Waals surface area contributed by atoms with E-state index in [2.05, 4.69) is 16.8 Å². The van der Waals surface area contributed by atoms with Gasteiger partial charge >= 0.3 is 0 Å². The summed E-state index contributed by atoms with van der Waals surface area (Å²) in [5.41, 5.74) is 0. The van der Waals surface area contributed by atoms with Crippen LogP contribution in [0.2, 0.25) is 0 Å². The van der Waals surface area contributed by atoms with E-state index in [0.717, 1.165) is 31.9 Å². The summed E-state index contributed by atoms with van der Waals surface area (Å²) in [7, 11) is 0. The van der Waals surface area contributed by atoms with Gasteiger partial charge in [0.2, 0.25) is 0 Å². The minimum absolute atomic E-state index is 0.0502. The van der Waals surface area contributed by atoms with E-state index in [1.807, 2.05) is 18.2 Å². The predicted octanol–water partition coefficient (Wildman–Crippen LogP) is 0.904. The Morgan fingerprint density at radius 1 is 1.50 bits per heavy atom. The molecule has 16 heavy (non-hydrogen) atoms. The van der Waals surface area contributed by atoms with Gasteiger partial charge in [0.25, 0.3) is 0 Å². The second kappa shape index (κ2) is 5.30. The first-order valence-corrected chi connectivity index (χ1v) is 5.62. The molecule has 2 N–H and O–H groups in total. The van der Waals surface area contributed by atoms with E-state index in [9.17, 15) is 0 Å². The van der Waals surface area contributed by atoms with Crippen LogP contribution < -0.4 is 5.32 Å². The normalized spacial score (nSPS) is 19.6. The number of hydrogen-bond acceptors (Lipinski definition) is 4. The molecule has 0 bridgehead atoms. The highest BCUT2D eigenvalue weighted by Crippen LogP contribution is 2.24. The molecule has 1 saturated heterocycles. The molecule has 1 atom stereocenters.